The monoisotopic (exact) mass is 244 g/mol. The van der Waals surface area contributed by atoms with Crippen molar-refractivity contribution in [3.05, 3.63) is 24.0 Å². The van der Waals surface area contributed by atoms with Gasteiger partial charge in [0.15, 0.2) is 0 Å². The highest BCUT2D eigenvalue weighted by Crippen LogP contribution is 2.20. The van der Waals surface area contributed by atoms with Crippen LogP contribution in [0.3, 0.4) is 0 Å². The quantitative estimate of drug-likeness (QED) is 0.779. The lowest BCUT2D eigenvalue weighted by Crippen LogP contribution is -2.18. The molecule has 2 atom stereocenters. The molecule has 3 nitrogen and oxygen atoms in total. The Balaban J connectivity index is 2.55. The minimum absolute atomic E-state index is 0.164. The van der Waals surface area contributed by atoms with E-state index in [1.165, 1.54) is 12.1 Å². The molecule has 0 saturated carbocycles. The second-order valence-electron chi connectivity index (χ2n) is 3.84. The fourth-order valence-corrected chi connectivity index (χ4v) is 2.03. The molecule has 0 amide bonds. The summed E-state index contributed by atoms with van der Waals surface area (Å²) in [7, 11) is -0.784. The third-order valence-electron chi connectivity index (χ3n) is 2.25. The molecular weight excluding hydrogens is 227 g/mol. The van der Waals surface area contributed by atoms with E-state index in [1.807, 2.05) is 6.92 Å². The van der Waals surface area contributed by atoms with Gasteiger partial charge in [-0.05, 0) is 31.5 Å². The number of anilines is 2. The van der Waals surface area contributed by atoms with Crippen LogP contribution in [0.4, 0.5) is 15.8 Å². The molecule has 0 aliphatic heterocycles. The number of benzene rings is 1. The van der Waals surface area contributed by atoms with Gasteiger partial charge in [0.05, 0.1) is 11.4 Å². The Labute approximate surface area is 97.7 Å². The summed E-state index contributed by atoms with van der Waals surface area (Å²) in [4.78, 5) is 0. The summed E-state index contributed by atoms with van der Waals surface area (Å²) in [6.45, 7) is 1.98. The second kappa shape index (κ2) is 5.84. The van der Waals surface area contributed by atoms with Gasteiger partial charge in [0.25, 0.3) is 0 Å². The van der Waals surface area contributed by atoms with Gasteiger partial charge in [0.1, 0.15) is 5.82 Å². The van der Waals surface area contributed by atoms with E-state index in [2.05, 4.69) is 5.32 Å². The van der Waals surface area contributed by atoms with Gasteiger partial charge in [-0.3, -0.25) is 4.21 Å². The van der Waals surface area contributed by atoms with Crippen LogP contribution in [0.15, 0.2) is 18.2 Å². The number of hydrogen-bond donors (Lipinski definition) is 2. The highest BCUT2D eigenvalue weighted by molar-refractivity contribution is 7.84. The van der Waals surface area contributed by atoms with Gasteiger partial charge in [0, 0.05) is 28.9 Å². The van der Waals surface area contributed by atoms with Crippen molar-refractivity contribution in [2.45, 2.75) is 19.4 Å². The van der Waals surface area contributed by atoms with Crippen LogP contribution in [0.25, 0.3) is 0 Å². The first-order chi connectivity index (χ1) is 7.49. The molecule has 0 radical (unpaired) electrons. The molecule has 3 N–H and O–H groups in total. The first kappa shape index (κ1) is 13.0. The van der Waals surface area contributed by atoms with Gasteiger partial charge in [-0.15, -0.1) is 0 Å². The molecule has 0 spiro atoms. The van der Waals surface area contributed by atoms with E-state index in [9.17, 15) is 8.60 Å². The lowest BCUT2D eigenvalue weighted by Gasteiger charge is -2.16. The lowest BCUT2D eigenvalue weighted by atomic mass is 10.2. The molecule has 90 valence electrons. The molecule has 2 unspecified atom stereocenters. The zero-order valence-electron chi connectivity index (χ0n) is 9.50. The van der Waals surface area contributed by atoms with E-state index in [4.69, 9.17) is 5.73 Å². The van der Waals surface area contributed by atoms with Crippen molar-refractivity contribution >= 4 is 22.2 Å². The fourth-order valence-electron chi connectivity index (χ4n) is 1.35. The van der Waals surface area contributed by atoms with Crippen molar-refractivity contribution < 1.29 is 8.60 Å². The number of nitrogens with two attached hydrogens (primary N) is 1. The van der Waals surface area contributed by atoms with Gasteiger partial charge < -0.3 is 11.1 Å². The van der Waals surface area contributed by atoms with Crippen LogP contribution in [-0.4, -0.2) is 22.3 Å². The Morgan fingerprint density at radius 1 is 1.56 bits per heavy atom. The Morgan fingerprint density at radius 2 is 2.25 bits per heavy atom. The second-order valence-corrected chi connectivity index (χ2v) is 5.40. The summed E-state index contributed by atoms with van der Waals surface area (Å²) in [5.41, 5.74) is 6.77. The van der Waals surface area contributed by atoms with Crippen molar-refractivity contribution in [1.82, 2.24) is 0 Å². The maximum absolute atomic E-state index is 12.8. The Bertz CT molecular complexity index is 384. The largest absolute Gasteiger partial charge is 0.397 e. The van der Waals surface area contributed by atoms with Gasteiger partial charge >= 0.3 is 0 Å². The van der Waals surface area contributed by atoms with E-state index < -0.39 is 10.8 Å². The van der Waals surface area contributed by atoms with Gasteiger partial charge in [-0.25, -0.2) is 4.39 Å². The van der Waals surface area contributed by atoms with Crippen molar-refractivity contribution in [1.29, 1.82) is 0 Å². The van der Waals surface area contributed by atoms with Crippen LogP contribution in [-0.2, 0) is 10.8 Å². The number of nitrogens with one attached hydrogen (secondary N) is 1. The number of halogens is 1. The first-order valence-electron chi connectivity index (χ1n) is 5.10. The van der Waals surface area contributed by atoms with E-state index >= 15 is 0 Å². The molecule has 0 aliphatic carbocycles. The molecule has 0 aliphatic rings. The molecule has 5 heteroatoms. The van der Waals surface area contributed by atoms with Crippen LogP contribution in [0.5, 0.6) is 0 Å². The molecule has 0 fully saturated rings. The van der Waals surface area contributed by atoms with Crippen LogP contribution in [0.2, 0.25) is 0 Å². The smallest absolute Gasteiger partial charge is 0.125 e. The van der Waals surface area contributed by atoms with Crippen LogP contribution in [0.1, 0.15) is 13.3 Å². The maximum atomic E-state index is 12.8. The fraction of sp³-hybridized carbons (Fsp3) is 0.455. The summed E-state index contributed by atoms with van der Waals surface area (Å²) in [6, 6.07) is 4.43. The zero-order valence-corrected chi connectivity index (χ0v) is 10.3. The summed E-state index contributed by atoms with van der Waals surface area (Å²) in [6.07, 6.45) is 2.47. The van der Waals surface area contributed by atoms with E-state index in [1.54, 1.807) is 12.3 Å². The molecule has 1 aromatic carbocycles. The molecule has 1 rings (SSSR count). The van der Waals surface area contributed by atoms with E-state index in [0.29, 0.717) is 11.4 Å². The molecule has 0 aromatic heterocycles. The molecule has 0 saturated heterocycles. The van der Waals surface area contributed by atoms with Crippen LogP contribution in [0, 0.1) is 5.82 Å². The Morgan fingerprint density at radius 3 is 2.81 bits per heavy atom. The average Bonchev–Trinajstić information content (AvgIpc) is 2.19. The zero-order chi connectivity index (χ0) is 12.1. The van der Waals surface area contributed by atoms with E-state index in [0.717, 1.165) is 12.1 Å². The molecule has 16 heavy (non-hydrogen) atoms. The molecule has 0 heterocycles. The minimum Gasteiger partial charge on any atom is -0.397 e. The highest BCUT2D eigenvalue weighted by atomic mass is 32.2. The Hall–Kier alpha value is -1.10. The van der Waals surface area contributed by atoms with Crippen LogP contribution >= 0.6 is 0 Å². The minimum atomic E-state index is -0.784. The molecular formula is C11H17FN2OS. The lowest BCUT2D eigenvalue weighted by molar-refractivity contribution is 0.628. The standard InChI is InChI=1S/C11H17FN2OS/c1-8(5-6-16(2)15)14-11-4-3-9(12)7-10(11)13/h3-4,7-8,14H,5-6,13H2,1-2H3. The van der Waals surface area contributed by atoms with Crippen molar-refractivity contribution in [2.75, 3.05) is 23.1 Å². The number of rotatable bonds is 5. The SMILES string of the molecule is CC(CCS(C)=O)Nc1ccc(F)cc1N. The normalized spacial score (nSPS) is 14.4. The molecule has 0 bridgehead atoms. The summed E-state index contributed by atoms with van der Waals surface area (Å²) in [5.74, 6) is 0.306. The molecule has 1 aromatic rings. The van der Waals surface area contributed by atoms with Gasteiger partial charge in [-0.1, -0.05) is 0 Å². The predicted octanol–water partition coefficient (Wildman–Crippen LogP) is 1.98. The first-order valence-corrected chi connectivity index (χ1v) is 6.83. The summed E-state index contributed by atoms with van der Waals surface area (Å²) in [5, 5.41) is 3.17. The topological polar surface area (TPSA) is 55.1 Å². The van der Waals surface area contributed by atoms with E-state index in [-0.39, 0.29) is 11.9 Å². The van der Waals surface area contributed by atoms with Gasteiger partial charge in [0.2, 0.25) is 0 Å². The van der Waals surface area contributed by atoms with Crippen LogP contribution < -0.4 is 11.1 Å². The summed E-state index contributed by atoms with van der Waals surface area (Å²) < 4.78 is 23.7. The number of hydrogen-bond acceptors (Lipinski definition) is 3. The van der Waals surface area contributed by atoms with Crippen molar-refractivity contribution in [3.63, 3.8) is 0 Å². The highest BCUT2D eigenvalue weighted by Gasteiger charge is 2.06. The Kier molecular flexibility index (Phi) is 4.73. The van der Waals surface area contributed by atoms with Crippen molar-refractivity contribution in [3.8, 4) is 0 Å². The van der Waals surface area contributed by atoms with Crippen molar-refractivity contribution in [2.24, 2.45) is 0 Å². The predicted molar refractivity (Wildman–Crippen MR) is 67.4 cm³/mol. The maximum Gasteiger partial charge on any atom is 0.125 e. The average molecular weight is 244 g/mol. The third-order valence-corrected chi connectivity index (χ3v) is 3.06. The van der Waals surface area contributed by atoms with Gasteiger partial charge in [-0.2, -0.15) is 0 Å². The number of nitrogen functional groups attached to an aromatic ring is 1. The summed E-state index contributed by atoms with van der Waals surface area (Å²) >= 11 is 0. The third kappa shape index (κ3) is 4.18.